The van der Waals surface area contributed by atoms with Crippen molar-refractivity contribution in [2.24, 2.45) is 7.05 Å². The Morgan fingerprint density at radius 1 is 0.847 bits per heavy atom. The molecule has 4 N–H and O–H groups in total. The number of fused-ring (bicyclic) bond motifs is 1. The number of piperidine rings is 1. The van der Waals surface area contributed by atoms with Crippen LogP contribution in [0.5, 0.6) is 5.75 Å². The molecule has 2 aromatic heterocycles. The third-order valence-electron chi connectivity index (χ3n) is 12.4. The molecule has 72 heavy (non-hydrogen) atoms. The largest absolute Gasteiger partial charge is 0.494 e. The molecule has 2 aliphatic heterocycles. The van der Waals surface area contributed by atoms with Crippen LogP contribution in [-0.4, -0.2) is 111 Å². The van der Waals surface area contributed by atoms with Crippen LogP contribution in [0.1, 0.15) is 115 Å². The van der Waals surface area contributed by atoms with Crippen LogP contribution in [0.25, 0.3) is 11.5 Å². The molecule has 0 radical (unpaired) electrons. The van der Waals surface area contributed by atoms with E-state index >= 15 is 0 Å². The van der Waals surface area contributed by atoms with E-state index < -0.39 is 23.8 Å². The fourth-order valence-corrected chi connectivity index (χ4v) is 8.39. The Labute approximate surface area is 418 Å². The monoisotopic (exact) mass is 990 g/mol. The highest BCUT2D eigenvalue weighted by molar-refractivity contribution is 6.06. The van der Waals surface area contributed by atoms with E-state index in [4.69, 9.17) is 18.9 Å². The molecule has 19 nitrogen and oxygen atoms in total. The summed E-state index contributed by atoms with van der Waals surface area (Å²) < 4.78 is 39.7. The molecule has 382 valence electrons. The summed E-state index contributed by atoms with van der Waals surface area (Å²) in [4.78, 5) is 72.6. The second-order valence-electron chi connectivity index (χ2n) is 17.6. The number of anilines is 2. The molecule has 2 aliphatic rings. The Hall–Kier alpha value is -7.16. The highest BCUT2D eigenvalue weighted by Crippen LogP contribution is 2.33. The van der Waals surface area contributed by atoms with Crippen molar-refractivity contribution in [3.8, 4) is 17.3 Å². The van der Waals surface area contributed by atoms with E-state index in [1.807, 2.05) is 17.7 Å². The Morgan fingerprint density at radius 3 is 2.33 bits per heavy atom. The number of nitrogens with one attached hydrogen (secondary N) is 4. The minimum Gasteiger partial charge on any atom is -0.494 e. The molecule has 4 heterocycles. The van der Waals surface area contributed by atoms with Gasteiger partial charge in [-0.1, -0.05) is 25.0 Å². The summed E-state index contributed by atoms with van der Waals surface area (Å²) in [6.07, 6.45) is 9.88. The van der Waals surface area contributed by atoms with Crippen molar-refractivity contribution < 1.29 is 47.3 Å². The molecular formula is C52H63FN10O9. The highest BCUT2D eigenvalue weighted by Gasteiger charge is 2.40. The van der Waals surface area contributed by atoms with Crippen LogP contribution < -0.4 is 26.0 Å². The van der Waals surface area contributed by atoms with Crippen LogP contribution in [0.2, 0.25) is 0 Å². The lowest BCUT2D eigenvalue weighted by Gasteiger charge is -2.29. The highest BCUT2D eigenvalue weighted by atomic mass is 19.1. The average Bonchev–Trinajstić information content (AvgIpc) is 3.93. The van der Waals surface area contributed by atoms with E-state index in [0.717, 1.165) is 38.5 Å². The number of amides is 5. The normalized spacial score (nSPS) is 14.7. The molecule has 3 aromatic carbocycles. The summed E-state index contributed by atoms with van der Waals surface area (Å²) in [5.41, 5.74) is 3.82. The summed E-state index contributed by atoms with van der Waals surface area (Å²) in [6.45, 7) is 5.90. The van der Waals surface area contributed by atoms with Gasteiger partial charge in [-0.15, -0.1) is 10.2 Å². The molecule has 0 saturated carbocycles. The molecular weight excluding hydrogens is 928 g/mol. The van der Waals surface area contributed by atoms with Crippen LogP contribution in [0.4, 0.5) is 15.8 Å². The lowest BCUT2D eigenvalue weighted by molar-refractivity contribution is -0.137. The number of nitrogens with zero attached hydrogens (tertiary/aromatic N) is 6. The number of halogens is 1. The molecule has 1 unspecified atom stereocenters. The number of hydrogen-bond acceptors (Lipinski definition) is 14. The Balaban J connectivity index is 0.668. The molecule has 5 aromatic rings. The molecule has 5 amide bonds. The Bertz CT molecular complexity index is 2630. The Kier molecular flexibility index (Phi) is 19.7. The number of carbonyl (C=O) groups excluding carboxylic acids is 5. The van der Waals surface area contributed by atoms with E-state index in [1.54, 1.807) is 67.7 Å². The molecule has 0 bridgehead atoms. The third-order valence-corrected chi connectivity index (χ3v) is 12.4. The quantitative estimate of drug-likeness (QED) is 0.0298. The van der Waals surface area contributed by atoms with Crippen LogP contribution >= 0.6 is 0 Å². The smallest absolute Gasteiger partial charge is 0.255 e. The molecule has 7 rings (SSSR count). The van der Waals surface area contributed by atoms with Crippen LogP contribution in [0.3, 0.4) is 0 Å². The van der Waals surface area contributed by atoms with Crippen molar-refractivity contribution in [1.82, 2.24) is 40.3 Å². The number of imide groups is 1. The van der Waals surface area contributed by atoms with Crippen LogP contribution in [-0.2, 0) is 48.7 Å². The minimum atomic E-state index is -0.712. The maximum atomic E-state index is 15.0. The van der Waals surface area contributed by atoms with Crippen molar-refractivity contribution in [2.75, 3.05) is 56.9 Å². The predicted octanol–water partition coefficient (Wildman–Crippen LogP) is 6.46. The van der Waals surface area contributed by atoms with Gasteiger partial charge in [-0.3, -0.25) is 29.3 Å². The van der Waals surface area contributed by atoms with Gasteiger partial charge in [0.15, 0.2) is 11.6 Å². The van der Waals surface area contributed by atoms with Gasteiger partial charge in [0.2, 0.25) is 17.7 Å². The zero-order chi connectivity index (χ0) is 50.7. The number of rotatable bonds is 29. The minimum absolute atomic E-state index is 0.146. The number of hydrogen-bond donors (Lipinski definition) is 4. The van der Waals surface area contributed by atoms with Crippen molar-refractivity contribution in [3.63, 3.8) is 0 Å². The number of ether oxygens (including phenoxy) is 4. The summed E-state index contributed by atoms with van der Waals surface area (Å²) in [5.74, 6) is -0.180. The molecule has 1 fully saturated rings. The number of carbonyl (C=O) groups is 5. The third kappa shape index (κ3) is 14.9. The molecule has 2 atom stereocenters. The van der Waals surface area contributed by atoms with Gasteiger partial charge in [-0.25, -0.2) is 14.4 Å². The molecule has 0 aliphatic carbocycles. The second kappa shape index (κ2) is 26.9. The zero-order valence-corrected chi connectivity index (χ0v) is 40.8. The van der Waals surface area contributed by atoms with Crippen molar-refractivity contribution in [1.29, 1.82) is 0 Å². The van der Waals surface area contributed by atoms with Crippen molar-refractivity contribution in [2.45, 2.75) is 96.3 Å². The van der Waals surface area contributed by atoms with Gasteiger partial charge in [0, 0.05) is 79.5 Å². The summed E-state index contributed by atoms with van der Waals surface area (Å²) >= 11 is 0. The number of unbranched alkanes of at least 4 members (excludes halogenated alkanes) is 5. The first kappa shape index (κ1) is 52.7. The number of aromatic nitrogens is 5. The fraction of sp³-hybridized carbons (Fsp3) is 0.442. The maximum Gasteiger partial charge on any atom is 0.255 e. The van der Waals surface area contributed by atoms with E-state index in [9.17, 15) is 28.4 Å². The summed E-state index contributed by atoms with van der Waals surface area (Å²) in [7, 11) is 1.86. The van der Waals surface area contributed by atoms with Crippen LogP contribution in [0, 0.1) is 5.82 Å². The average molecular weight is 991 g/mol. The van der Waals surface area contributed by atoms with Gasteiger partial charge < -0.3 is 44.4 Å². The Morgan fingerprint density at radius 2 is 1.58 bits per heavy atom. The van der Waals surface area contributed by atoms with Crippen LogP contribution in [0.15, 0.2) is 79.3 Å². The van der Waals surface area contributed by atoms with Gasteiger partial charge in [0.25, 0.3) is 11.8 Å². The lowest BCUT2D eigenvalue weighted by Crippen LogP contribution is -2.52. The van der Waals surface area contributed by atoms with E-state index in [1.165, 1.54) is 17.3 Å². The van der Waals surface area contributed by atoms with Crippen molar-refractivity contribution >= 4 is 40.9 Å². The summed E-state index contributed by atoms with van der Waals surface area (Å²) in [5, 5.41) is 19.9. The summed E-state index contributed by atoms with van der Waals surface area (Å²) in [6, 6.07) is 17.2. The number of benzene rings is 3. The zero-order valence-electron chi connectivity index (χ0n) is 40.8. The second-order valence-corrected chi connectivity index (χ2v) is 17.6. The van der Waals surface area contributed by atoms with E-state index in [-0.39, 0.29) is 43.0 Å². The SMILES string of the molecule is C[C@H](NC(=O)c1cccc(NCc2nnc(-c3ccncn3)n2C)c1)c1cc(OCCCCCCOCCOCCOCCCCCC(=O)Nc2cccc3c2CN(C2CCC(=O)NC2=O)C3=O)ccc1F. The first-order chi connectivity index (χ1) is 35.0. The van der Waals surface area contributed by atoms with Gasteiger partial charge >= 0.3 is 0 Å². The standard InChI is InChI=1S/C52H63FN10O9/c1-35(57-50(66)36-12-10-13-37(30-36)55-32-46-60-61-49(62(46)2)44-21-22-54-34-56-44)40-31-38(17-18-42(40)53)72-25-9-4-3-7-23-69-26-28-71-29-27-70-24-8-5-6-16-47(64)58-43-15-11-14-39-41(43)33-63(52(39)68)45-19-20-48(65)59-51(45)67/h10-15,17-18,21-22,30-31,34-35,45,55H,3-9,16,19-20,23-29,32-33H2,1-2H3,(H,57,66)(H,58,64)(H,59,65,67)/t35-,45?/m0/s1. The molecule has 20 heteroatoms. The van der Waals surface area contributed by atoms with Gasteiger partial charge in [0.1, 0.15) is 29.6 Å². The topological polar surface area (TPSA) is 230 Å². The van der Waals surface area contributed by atoms with Gasteiger partial charge in [-0.2, -0.15) is 0 Å². The first-order valence-corrected chi connectivity index (χ1v) is 24.6. The predicted molar refractivity (Wildman–Crippen MR) is 264 cm³/mol. The maximum absolute atomic E-state index is 15.0. The molecule has 1 saturated heterocycles. The van der Waals surface area contributed by atoms with E-state index in [0.29, 0.717) is 122 Å². The van der Waals surface area contributed by atoms with E-state index in [2.05, 4.69) is 41.4 Å². The van der Waals surface area contributed by atoms with Crippen molar-refractivity contribution in [3.05, 3.63) is 113 Å². The fourth-order valence-electron chi connectivity index (χ4n) is 8.39. The lowest BCUT2D eigenvalue weighted by atomic mass is 10.0. The first-order valence-electron chi connectivity index (χ1n) is 24.6. The van der Waals surface area contributed by atoms with Gasteiger partial charge in [0.05, 0.1) is 45.6 Å². The molecule has 0 spiro atoms. The van der Waals surface area contributed by atoms with Gasteiger partial charge in [-0.05, 0) is 100 Å².